The van der Waals surface area contributed by atoms with Gasteiger partial charge in [0.05, 0.1) is 90.5 Å². The molecule has 2 atom stereocenters. The molecule has 280 valence electrons. The Balaban J connectivity index is 0.00000702. The molecule has 1 heterocycles. The third-order valence-electron chi connectivity index (χ3n) is 9.71. The van der Waals surface area contributed by atoms with Gasteiger partial charge in [-0.25, -0.2) is 4.58 Å². The minimum Gasteiger partial charge on any atom is -0.394 e. The quantitative estimate of drug-likeness (QED) is 0.0734. The van der Waals surface area contributed by atoms with Gasteiger partial charge in [0.15, 0.2) is 18.3 Å². The van der Waals surface area contributed by atoms with Crippen LogP contribution >= 0.6 is 0 Å². The molecule has 2 aliphatic carbocycles. The van der Waals surface area contributed by atoms with Crippen molar-refractivity contribution in [2.45, 2.75) is 51.5 Å². The molecule has 51 heavy (non-hydrogen) atoms. The molecule has 2 unspecified atom stereocenters. The summed E-state index contributed by atoms with van der Waals surface area (Å²) in [6, 6.07) is 9.04. The molecule has 9 heteroatoms. The Morgan fingerprint density at radius 3 is 2.18 bits per heavy atom. The van der Waals surface area contributed by atoms with Gasteiger partial charge in [0.1, 0.15) is 13.2 Å². The number of hydrogen-bond donors (Lipinski definition) is 1. The minimum absolute atomic E-state index is 0. The van der Waals surface area contributed by atoms with Crippen LogP contribution < -0.4 is 0 Å². The van der Waals surface area contributed by atoms with E-state index in [0.29, 0.717) is 85.3 Å². The zero-order valence-corrected chi connectivity index (χ0v) is 32.0. The highest BCUT2D eigenvalue weighted by atomic mass is 35.5. The number of rotatable bonds is 23. The Hall–Kier alpha value is -2.84. The van der Waals surface area contributed by atoms with E-state index in [-0.39, 0.29) is 35.8 Å². The van der Waals surface area contributed by atoms with Gasteiger partial charge in [-0.3, -0.25) is 0 Å². The lowest BCUT2D eigenvalue weighted by molar-refractivity contribution is -0.552. The maximum atomic E-state index is 8.96. The number of aliphatic hydroxyl groups excluding tert-OH is 1. The number of hydrogen-bond acceptors (Lipinski definition) is 7. The van der Waals surface area contributed by atoms with E-state index in [0.717, 1.165) is 13.0 Å². The highest BCUT2D eigenvalue weighted by Crippen LogP contribution is 2.50. The Labute approximate surface area is 312 Å². The van der Waals surface area contributed by atoms with Crippen molar-refractivity contribution in [1.29, 1.82) is 0 Å². The van der Waals surface area contributed by atoms with Crippen LogP contribution in [0.25, 0.3) is 0 Å². The molecule has 8 nitrogen and oxygen atoms in total. The average Bonchev–Trinajstić information content (AvgIpc) is 3.46. The Morgan fingerprint density at radius 1 is 0.824 bits per heavy atom. The Morgan fingerprint density at radius 2 is 1.47 bits per heavy atom. The van der Waals surface area contributed by atoms with Gasteiger partial charge in [-0.2, -0.15) is 0 Å². The van der Waals surface area contributed by atoms with E-state index in [1.54, 1.807) is 0 Å². The first-order valence-corrected chi connectivity index (χ1v) is 18.0. The molecule has 1 aromatic rings. The van der Waals surface area contributed by atoms with Crippen LogP contribution in [0.4, 0.5) is 0 Å². The molecule has 0 saturated carbocycles. The number of aliphatic hydroxyl groups is 1. The summed E-state index contributed by atoms with van der Waals surface area (Å²) >= 11 is 0. The van der Waals surface area contributed by atoms with E-state index in [1.807, 2.05) is 0 Å². The predicted molar refractivity (Wildman–Crippen MR) is 202 cm³/mol. The first-order chi connectivity index (χ1) is 24.3. The lowest BCUT2D eigenvalue weighted by Crippen LogP contribution is -2.29. The molecule has 4 rings (SSSR count). The largest absolute Gasteiger partial charge is 0.394 e. The summed E-state index contributed by atoms with van der Waals surface area (Å²) in [5.74, 6) is 2.61. The van der Waals surface area contributed by atoms with Crippen LogP contribution in [-0.2, 0) is 33.8 Å². The van der Waals surface area contributed by atoms with Gasteiger partial charge in [0.25, 0.3) is 0 Å². The van der Waals surface area contributed by atoms with Crippen LogP contribution in [0, 0.1) is 30.2 Å². The zero-order valence-electron chi connectivity index (χ0n) is 31.1. The third kappa shape index (κ3) is 11.8. The Bertz CT molecular complexity index is 1450. The van der Waals surface area contributed by atoms with Gasteiger partial charge in [0, 0.05) is 29.4 Å². The van der Waals surface area contributed by atoms with Crippen LogP contribution in [0.1, 0.15) is 51.2 Å². The summed E-state index contributed by atoms with van der Waals surface area (Å²) in [6.45, 7) is 16.1. The summed E-state index contributed by atoms with van der Waals surface area (Å²) in [4.78, 5) is 0. The van der Waals surface area contributed by atoms with Crippen molar-refractivity contribution in [1.82, 2.24) is 0 Å². The fourth-order valence-electron chi connectivity index (χ4n) is 7.23. The number of halogens is 1. The number of nitrogens with zero attached hydrogens (tertiary/aromatic N) is 1. The topological polar surface area (TPSA) is 78.6 Å². The molecule has 0 aromatic heterocycles. The van der Waals surface area contributed by atoms with Crippen molar-refractivity contribution in [2.24, 2.45) is 5.41 Å². The number of terminal acetylenes is 1. The third-order valence-corrected chi connectivity index (χ3v) is 9.71. The predicted octanol–water partition coefficient (Wildman–Crippen LogP) is 5.04. The van der Waals surface area contributed by atoms with E-state index >= 15 is 0 Å². The normalized spacial score (nSPS) is 20.9. The molecule has 1 aromatic carbocycles. The van der Waals surface area contributed by atoms with Crippen molar-refractivity contribution in [3.05, 3.63) is 95.1 Å². The molecule has 0 spiro atoms. The van der Waals surface area contributed by atoms with Gasteiger partial charge in [0.2, 0.25) is 0 Å². The second-order valence-corrected chi connectivity index (χ2v) is 13.6. The lowest BCUT2D eigenvalue weighted by Gasteiger charge is -2.24. The summed E-state index contributed by atoms with van der Waals surface area (Å²) in [5, 5.41) is 8.96. The second kappa shape index (κ2) is 22.3. The van der Waals surface area contributed by atoms with Gasteiger partial charge in [-0.15, -0.1) is 6.42 Å². The van der Waals surface area contributed by atoms with E-state index in [9.17, 15) is 0 Å². The fourth-order valence-corrected chi connectivity index (χ4v) is 7.23. The van der Waals surface area contributed by atoms with E-state index in [4.69, 9.17) is 40.0 Å². The van der Waals surface area contributed by atoms with E-state index < -0.39 is 0 Å². The molecular weight excluding hydrogens is 666 g/mol. The molecule has 0 fully saturated rings. The Kier molecular flexibility index (Phi) is 18.6. The zero-order chi connectivity index (χ0) is 35.7. The maximum Gasteiger partial charge on any atom is 0.186 e. The maximum absolute atomic E-state index is 8.96. The van der Waals surface area contributed by atoms with Crippen LogP contribution in [0.5, 0.6) is 0 Å². The summed E-state index contributed by atoms with van der Waals surface area (Å²) in [5.41, 5.74) is 6.60. The van der Waals surface area contributed by atoms with Crippen LogP contribution in [0.2, 0.25) is 0 Å². The summed E-state index contributed by atoms with van der Waals surface area (Å²) in [7, 11) is 0. The number of benzene rings is 1. The molecule has 3 aliphatic rings. The number of allylic oxidation sites excluding steroid dienone is 7. The first-order valence-electron chi connectivity index (χ1n) is 18.0. The molecule has 0 amide bonds. The van der Waals surface area contributed by atoms with E-state index in [2.05, 4.69) is 111 Å². The minimum atomic E-state index is -0.100. The first kappa shape index (κ1) is 42.6. The van der Waals surface area contributed by atoms with E-state index in [1.165, 1.54) is 28.0 Å². The molecule has 0 saturated heterocycles. The van der Waals surface area contributed by atoms with Gasteiger partial charge >= 0.3 is 0 Å². The molecule has 0 radical (unpaired) electrons. The average molecular weight is 726 g/mol. The summed E-state index contributed by atoms with van der Waals surface area (Å²) < 4.78 is 36.3. The van der Waals surface area contributed by atoms with Crippen molar-refractivity contribution in [3.63, 3.8) is 0 Å². The lowest BCUT2D eigenvalue weighted by atomic mass is 9.77. The fraction of sp³-hybridized carbons (Fsp3) is 0.548. The van der Waals surface area contributed by atoms with Gasteiger partial charge in [-0.1, -0.05) is 92.1 Å². The van der Waals surface area contributed by atoms with Gasteiger partial charge < -0.3 is 33.5 Å². The van der Waals surface area contributed by atoms with Gasteiger partial charge in [-0.05, 0) is 25.0 Å². The smallest absolute Gasteiger partial charge is 0.186 e. The van der Waals surface area contributed by atoms with Crippen molar-refractivity contribution in [3.8, 4) is 12.3 Å². The number of ether oxygens (including phenoxy) is 6. The molecular formula is C42H60ClNO7+2. The van der Waals surface area contributed by atoms with Crippen LogP contribution in [0.15, 0.2) is 84.0 Å². The highest BCUT2D eigenvalue weighted by molar-refractivity contribution is 5.99. The second-order valence-electron chi connectivity index (χ2n) is 13.6. The SMILES string of the molecule is C#CCOCCOCCOCCOCC[N+]1=C(/C=C/C=C/C=C2/C(COCCOCCO)c3ccccc3C2(C)C)C(C)(C)C2=CC=CCC21.[ClH2+]. The molecule has 0 bridgehead atoms. The van der Waals surface area contributed by atoms with Crippen molar-refractivity contribution >= 4 is 5.71 Å². The summed E-state index contributed by atoms with van der Waals surface area (Å²) in [6.07, 6.45) is 23.9. The van der Waals surface area contributed by atoms with Crippen LogP contribution in [0.3, 0.4) is 0 Å². The highest BCUT2D eigenvalue weighted by Gasteiger charge is 2.49. The van der Waals surface area contributed by atoms with Crippen molar-refractivity contribution < 1.29 is 50.5 Å². The van der Waals surface area contributed by atoms with Crippen molar-refractivity contribution in [2.75, 3.05) is 92.4 Å². The number of fused-ring (bicyclic) bond motifs is 2. The standard InChI is InChI=1S/C42H58NO7.ClH2/c1-6-22-45-25-27-48-29-30-49-28-26-46-23-20-43-39-18-13-12-17-38(39)42(4,5)40(43)19-9-7-8-15-37-35(33-50-32-31-47-24-21-44)34-14-10-11-16-36(34)41(37,2)3;/h1,7-17,19,35,39,44H,18,20-33H2,2-5H3;1H2/q2*+1/b8-7+,19-9+,37-15-;. The monoisotopic (exact) mass is 725 g/mol. The molecule has 1 N–H and O–H groups in total. The molecule has 1 aliphatic heterocycles. The van der Waals surface area contributed by atoms with Crippen LogP contribution in [-0.4, -0.2) is 114 Å².